The summed E-state index contributed by atoms with van der Waals surface area (Å²) in [6.07, 6.45) is 5.72. The van der Waals surface area contributed by atoms with Gasteiger partial charge in [0.2, 0.25) is 11.1 Å². The number of aromatic nitrogens is 3. The fourth-order valence-corrected chi connectivity index (χ4v) is 4.49. The normalized spacial score (nSPS) is 18.9. The minimum atomic E-state index is -0.345. The molecule has 1 aromatic heterocycles. The lowest BCUT2D eigenvalue weighted by atomic mass is 9.85. The standard InChI is InChI=1S/C20H23FN4OS/c1-2-3-4-12-27-20-23-19-22-15-6-5-7-16(26)17(15)18(25(19)24-20)13-8-10-14(21)11-9-13/h8-11,18H,2-7,12H2,1H3,(H,22,23,24). The molecule has 0 bridgehead atoms. The number of ketones is 1. The maximum absolute atomic E-state index is 13.4. The molecule has 7 heteroatoms. The first-order chi connectivity index (χ1) is 13.2. The van der Waals surface area contributed by atoms with Gasteiger partial charge in [0.25, 0.3) is 0 Å². The van der Waals surface area contributed by atoms with E-state index < -0.39 is 0 Å². The lowest BCUT2D eigenvalue weighted by Gasteiger charge is -2.32. The second kappa shape index (κ2) is 7.84. The molecular formula is C20H23FN4OS. The van der Waals surface area contributed by atoms with Crippen molar-refractivity contribution >= 4 is 23.5 Å². The number of halogens is 1. The van der Waals surface area contributed by atoms with Crippen LogP contribution in [0.5, 0.6) is 0 Å². The Morgan fingerprint density at radius 3 is 2.85 bits per heavy atom. The third-order valence-electron chi connectivity index (χ3n) is 5.01. The van der Waals surface area contributed by atoms with E-state index in [1.165, 1.54) is 25.0 Å². The number of carbonyl (C=O) groups excluding carboxylic acids is 1. The molecule has 1 aliphatic heterocycles. The number of nitrogens with one attached hydrogen (secondary N) is 1. The number of unbranched alkanes of at least 4 members (excludes halogenated alkanes) is 2. The molecular weight excluding hydrogens is 363 g/mol. The maximum Gasteiger partial charge on any atom is 0.227 e. The Kier molecular flexibility index (Phi) is 5.29. The van der Waals surface area contributed by atoms with Crippen LogP contribution in [0.1, 0.15) is 57.1 Å². The SMILES string of the molecule is CCCCCSc1nc2n(n1)C(c1ccc(F)cc1)C1=C(CCCC1=O)N2. The number of fused-ring (bicyclic) bond motifs is 1. The van der Waals surface area contributed by atoms with Gasteiger partial charge in [0, 0.05) is 23.4 Å². The topological polar surface area (TPSA) is 59.8 Å². The molecule has 0 amide bonds. The number of Topliss-reactive ketones (excluding diaryl/α,β-unsaturated/α-hetero) is 1. The largest absolute Gasteiger partial charge is 0.328 e. The zero-order valence-electron chi connectivity index (χ0n) is 15.4. The van der Waals surface area contributed by atoms with Crippen LogP contribution >= 0.6 is 11.8 Å². The quantitative estimate of drug-likeness (QED) is 0.575. The lowest BCUT2D eigenvalue weighted by molar-refractivity contribution is -0.116. The fourth-order valence-electron chi connectivity index (χ4n) is 3.67. The minimum Gasteiger partial charge on any atom is -0.328 e. The third-order valence-corrected chi connectivity index (χ3v) is 5.94. The smallest absolute Gasteiger partial charge is 0.227 e. The van der Waals surface area contributed by atoms with Crippen molar-refractivity contribution in [2.45, 2.75) is 56.6 Å². The van der Waals surface area contributed by atoms with E-state index in [2.05, 4.69) is 22.3 Å². The van der Waals surface area contributed by atoms with Gasteiger partial charge in [-0.3, -0.25) is 4.79 Å². The summed E-state index contributed by atoms with van der Waals surface area (Å²) < 4.78 is 15.2. The molecule has 1 atom stereocenters. The van der Waals surface area contributed by atoms with Crippen molar-refractivity contribution in [3.8, 4) is 0 Å². The highest BCUT2D eigenvalue weighted by Crippen LogP contribution is 2.40. The molecule has 142 valence electrons. The van der Waals surface area contributed by atoms with E-state index in [9.17, 15) is 9.18 Å². The van der Waals surface area contributed by atoms with Crippen molar-refractivity contribution in [2.24, 2.45) is 0 Å². The molecule has 0 saturated heterocycles. The van der Waals surface area contributed by atoms with Crippen LogP contribution in [-0.4, -0.2) is 26.3 Å². The number of nitrogens with zero attached hydrogens (tertiary/aromatic N) is 3. The zero-order valence-corrected chi connectivity index (χ0v) is 16.2. The first-order valence-corrected chi connectivity index (χ1v) is 10.5. The number of benzene rings is 1. The molecule has 0 spiro atoms. The molecule has 1 aliphatic carbocycles. The number of hydrogen-bond acceptors (Lipinski definition) is 5. The van der Waals surface area contributed by atoms with E-state index in [4.69, 9.17) is 0 Å². The van der Waals surface area contributed by atoms with E-state index >= 15 is 0 Å². The highest BCUT2D eigenvalue weighted by atomic mass is 32.2. The zero-order chi connectivity index (χ0) is 18.8. The highest BCUT2D eigenvalue weighted by Gasteiger charge is 2.36. The molecule has 0 saturated carbocycles. The number of thioether (sulfide) groups is 1. The average Bonchev–Trinajstić information content (AvgIpc) is 3.07. The van der Waals surface area contributed by atoms with E-state index in [1.807, 2.05) is 0 Å². The molecule has 4 rings (SSSR count). The van der Waals surface area contributed by atoms with Crippen molar-refractivity contribution in [1.29, 1.82) is 0 Å². The van der Waals surface area contributed by atoms with Crippen LogP contribution in [-0.2, 0) is 4.79 Å². The van der Waals surface area contributed by atoms with Gasteiger partial charge in [-0.2, -0.15) is 4.98 Å². The van der Waals surface area contributed by atoms with Gasteiger partial charge in [0.05, 0.1) is 0 Å². The summed E-state index contributed by atoms with van der Waals surface area (Å²) in [4.78, 5) is 17.3. The van der Waals surface area contributed by atoms with Crippen LogP contribution in [0, 0.1) is 5.82 Å². The molecule has 2 aliphatic rings. The Balaban J connectivity index is 1.70. The van der Waals surface area contributed by atoms with Crippen molar-refractivity contribution in [1.82, 2.24) is 14.8 Å². The van der Waals surface area contributed by atoms with Gasteiger partial charge in [-0.05, 0) is 37.0 Å². The summed E-state index contributed by atoms with van der Waals surface area (Å²) in [6.45, 7) is 2.18. The average molecular weight is 386 g/mol. The molecule has 1 unspecified atom stereocenters. The summed E-state index contributed by atoms with van der Waals surface area (Å²) in [5.74, 6) is 1.49. The molecule has 1 N–H and O–H groups in total. The van der Waals surface area contributed by atoms with Gasteiger partial charge >= 0.3 is 0 Å². The van der Waals surface area contributed by atoms with Crippen molar-refractivity contribution < 1.29 is 9.18 Å². The van der Waals surface area contributed by atoms with Gasteiger partial charge in [0.15, 0.2) is 5.78 Å². The summed E-state index contributed by atoms with van der Waals surface area (Å²) in [5, 5.41) is 8.72. The predicted molar refractivity (Wildman–Crippen MR) is 104 cm³/mol. The van der Waals surface area contributed by atoms with Gasteiger partial charge in [-0.25, -0.2) is 9.07 Å². The maximum atomic E-state index is 13.4. The Bertz CT molecular complexity index is 875. The van der Waals surface area contributed by atoms with Crippen LogP contribution < -0.4 is 5.32 Å². The van der Waals surface area contributed by atoms with Crippen LogP contribution in [0.15, 0.2) is 40.7 Å². The van der Waals surface area contributed by atoms with Crippen LogP contribution in [0.4, 0.5) is 10.3 Å². The summed E-state index contributed by atoms with van der Waals surface area (Å²) in [6, 6.07) is 5.99. The van der Waals surface area contributed by atoms with Crippen LogP contribution in [0.3, 0.4) is 0 Å². The minimum absolute atomic E-state index is 0.136. The van der Waals surface area contributed by atoms with E-state index in [1.54, 1.807) is 28.6 Å². The Labute approximate surface area is 162 Å². The number of hydrogen-bond donors (Lipinski definition) is 1. The third kappa shape index (κ3) is 3.65. The molecule has 2 aromatic rings. The van der Waals surface area contributed by atoms with E-state index in [-0.39, 0.29) is 17.6 Å². The summed E-state index contributed by atoms with van der Waals surface area (Å²) >= 11 is 1.64. The lowest BCUT2D eigenvalue weighted by Crippen LogP contribution is -2.31. The Hall–Kier alpha value is -2.15. The van der Waals surface area contributed by atoms with Crippen molar-refractivity contribution in [3.05, 3.63) is 46.9 Å². The molecule has 0 radical (unpaired) electrons. The number of carbonyl (C=O) groups is 1. The monoisotopic (exact) mass is 386 g/mol. The van der Waals surface area contributed by atoms with Gasteiger partial charge in [-0.1, -0.05) is 43.7 Å². The molecule has 1 aromatic carbocycles. The molecule has 0 fully saturated rings. The van der Waals surface area contributed by atoms with Gasteiger partial charge < -0.3 is 5.32 Å². The predicted octanol–water partition coefficient (Wildman–Crippen LogP) is 4.72. The number of rotatable bonds is 6. The fraction of sp³-hybridized carbons (Fsp3) is 0.450. The summed E-state index contributed by atoms with van der Waals surface area (Å²) in [7, 11) is 0. The van der Waals surface area contributed by atoms with Crippen LogP contribution in [0.2, 0.25) is 0 Å². The van der Waals surface area contributed by atoms with Crippen molar-refractivity contribution in [2.75, 3.05) is 11.1 Å². The second-order valence-corrected chi connectivity index (χ2v) is 8.03. The van der Waals surface area contributed by atoms with Gasteiger partial charge in [-0.15, -0.1) is 5.10 Å². The van der Waals surface area contributed by atoms with Gasteiger partial charge in [0.1, 0.15) is 11.9 Å². The molecule has 27 heavy (non-hydrogen) atoms. The van der Waals surface area contributed by atoms with E-state index in [0.717, 1.165) is 41.8 Å². The summed E-state index contributed by atoms with van der Waals surface area (Å²) in [5.41, 5.74) is 2.53. The first kappa shape index (κ1) is 18.2. The Morgan fingerprint density at radius 2 is 2.07 bits per heavy atom. The highest BCUT2D eigenvalue weighted by molar-refractivity contribution is 7.99. The van der Waals surface area contributed by atoms with E-state index in [0.29, 0.717) is 17.5 Å². The second-order valence-electron chi connectivity index (χ2n) is 6.97. The number of allylic oxidation sites excluding steroid dienone is 2. The van der Waals surface area contributed by atoms with Crippen molar-refractivity contribution in [3.63, 3.8) is 0 Å². The first-order valence-electron chi connectivity index (χ1n) is 9.55. The van der Waals surface area contributed by atoms with Crippen LogP contribution in [0.25, 0.3) is 0 Å². The molecule has 5 nitrogen and oxygen atoms in total. The number of anilines is 1. The Morgan fingerprint density at radius 1 is 1.26 bits per heavy atom. The molecule has 2 heterocycles.